The molecule has 0 aliphatic carbocycles. The molecule has 0 bridgehead atoms. The van der Waals surface area contributed by atoms with Crippen LogP contribution in [0.15, 0.2) is 17.2 Å². The third kappa shape index (κ3) is 3.23. The van der Waals surface area contributed by atoms with Crippen LogP contribution >= 0.6 is 0 Å². The van der Waals surface area contributed by atoms with Crippen molar-refractivity contribution in [3.63, 3.8) is 0 Å². The van der Waals surface area contributed by atoms with Gasteiger partial charge in [0.1, 0.15) is 5.75 Å². The maximum atomic E-state index is 11.9. The van der Waals surface area contributed by atoms with Crippen molar-refractivity contribution in [3.8, 4) is 5.75 Å². The van der Waals surface area contributed by atoms with Crippen LogP contribution in [0.25, 0.3) is 10.4 Å². The molecular formula is C12H15N3O2. The van der Waals surface area contributed by atoms with Crippen molar-refractivity contribution in [2.75, 3.05) is 13.7 Å². The Hall–Kier alpha value is -2.00. The highest BCUT2D eigenvalue weighted by Crippen LogP contribution is 2.26. The van der Waals surface area contributed by atoms with Crippen LogP contribution in [0, 0.1) is 13.8 Å². The molecule has 0 amide bonds. The number of aryl methyl sites for hydroxylation is 2. The van der Waals surface area contributed by atoms with Gasteiger partial charge in [0.05, 0.1) is 12.7 Å². The van der Waals surface area contributed by atoms with E-state index in [9.17, 15) is 4.79 Å². The molecule has 17 heavy (non-hydrogen) atoms. The number of rotatable bonds is 5. The normalized spacial score (nSPS) is 9.59. The Balaban J connectivity index is 3.03. The fourth-order valence-electron chi connectivity index (χ4n) is 1.76. The third-order valence-electron chi connectivity index (χ3n) is 2.43. The zero-order chi connectivity index (χ0) is 12.8. The minimum absolute atomic E-state index is 0.0685. The Labute approximate surface area is 100 Å². The lowest BCUT2D eigenvalue weighted by Gasteiger charge is -2.11. The molecule has 0 fully saturated rings. The van der Waals surface area contributed by atoms with Crippen LogP contribution in [-0.4, -0.2) is 19.4 Å². The number of hydrogen-bond acceptors (Lipinski definition) is 3. The quantitative estimate of drug-likeness (QED) is 0.339. The SMILES string of the molecule is COc1c(C)cc(C)cc1C(=O)CCN=[N+]=[N-]. The largest absolute Gasteiger partial charge is 0.496 e. The number of ether oxygens (including phenoxy) is 1. The van der Waals surface area contributed by atoms with Gasteiger partial charge in [0.2, 0.25) is 0 Å². The molecule has 0 spiro atoms. The second-order valence-corrected chi connectivity index (χ2v) is 3.79. The molecule has 0 saturated heterocycles. The molecule has 0 atom stereocenters. The molecule has 0 heterocycles. The van der Waals surface area contributed by atoms with Crippen LogP contribution in [0.5, 0.6) is 5.75 Å². The number of Topliss-reactive ketones (excluding diaryl/α,β-unsaturated/α-hetero) is 1. The Morgan fingerprint density at radius 2 is 2.18 bits per heavy atom. The molecule has 1 aromatic carbocycles. The summed E-state index contributed by atoms with van der Waals surface area (Å²) < 4.78 is 5.23. The molecule has 1 aromatic rings. The van der Waals surface area contributed by atoms with Gasteiger partial charge in [-0.2, -0.15) is 0 Å². The maximum Gasteiger partial charge on any atom is 0.166 e. The average molecular weight is 233 g/mol. The van der Waals surface area contributed by atoms with Crippen molar-refractivity contribution in [1.29, 1.82) is 0 Å². The van der Waals surface area contributed by atoms with Gasteiger partial charge in [-0.15, -0.1) is 0 Å². The fourth-order valence-corrected chi connectivity index (χ4v) is 1.76. The van der Waals surface area contributed by atoms with E-state index in [1.54, 1.807) is 13.2 Å². The Kier molecular flexibility index (Phi) is 4.55. The molecule has 1 rings (SSSR count). The first-order chi connectivity index (χ1) is 8.10. The van der Waals surface area contributed by atoms with Crippen molar-refractivity contribution >= 4 is 5.78 Å². The summed E-state index contributed by atoms with van der Waals surface area (Å²) in [6.07, 6.45) is 0.198. The van der Waals surface area contributed by atoms with Crippen LogP contribution in [0.2, 0.25) is 0 Å². The van der Waals surface area contributed by atoms with E-state index in [1.165, 1.54) is 0 Å². The summed E-state index contributed by atoms with van der Waals surface area (Å²) in [5.74, 6) is 0.530. The van der Waals surface area contributed by atoms with Crippen molar-refractivity contribution in [2.45, 2.75) is 20.3 Å². The molecule has 0 radical (unpaired) electrons. The van der Waals surface area contributed by atoms with Gasteiger partial charge in [0.15, 0.2) is 5.78 Å². The minimum Gasteiger partial charge on any atom is -0.496 e. The zero-order valence-corrected chi connectivity index (χ0v) is 10.2. The summed E-state index contributed by atoms with van der Waals surface area (Å²) in [6, 6.07) is 3.76. The van der Waals surface area contributed by atoms with E-state index in [-0.39, 0.29) is 18.7 Å². The minimum atomic E-state index is -0.0685. The van der Waals surface area contributed by atoms with Crippen LogP contribution in [0.4, 0.5) is 0 Å². The second kappa shape index (κ2) is 5.92. The molecule has 0 saturated carbocycles. The lowest BCUT2D eigenvalue weighted by Crippen LogP contribution is -2.05. The molecule has 0 unspecified atom stereocenters. The summed E-state index contributed by atoms with van der Waals surface area (Å²) in [4.78, 5) is 14.6. The smallest absolute Gasteiger partial charge is 0.166 e. The molecule has 5 nitrogen and oxygen atoms in total. The van der Waals surface area contributed by atoms with Crippen LogP contribution in [0.3, 0.4) is 0 Å². The number of carbonyl (C=O) groups excluding carboxylic acids is 1. The third-order valence-corrected chi connectivity index (χ3v) is 2.43. The van der Waals surface area contributed by atoms with Crippen molar-refractivity contribution in [2.24, 2.45) is 5.11 Å². The molecule has 90 valence electrons. The molecule has 0 aliphatic rings. The van der Waals surface area contributed by atoms with Gasteiger partial charge in [-0.05, 0) is 36.6 Å². The van der Waals surface area contributed by atoms with Crippen molar-refractivity contribution in [3.05, 3.63) is 39.3 Å². The predicted molar refractivity (Wildman–Crippen MR) is 65.4 cm³/mol. The lowest BCUT2D eigenvalue weighted by atomic mass is 10.0. The molecule has 0 aliphatic heterocycles. The van der Waals surface area contributed by atoms with E-state index in [4.69, 9.17) is 10.3 Å². The van der Waals surface area contributed by atoms with Gasteiger partial charge < -0.3 is 4.74 Å². The van der Waals surface area contributed by atoms with E-state index >= 15 is 0 Å². The van der Waals surface area contributed by atoms with E-state index < -0.39 is 0 Å². The van der Waals surface area contributed by atoms with E-state index in [2.05, 4.69) is 10.0 Å². The monoisotopic (exact) mass is 233 g/mol. The van der Waals surface area contributed by atoms with E-state index in [0.717, 1.165) is 11.1 Å². The van der Waals surface area contributed by atoms with Crippen LogP contribution < -0.4 is 4.74 Å². The van der Waals surface area contributed by atoms with Gasteiger partial charge >= 0.3 is 0 Å². The summed E-state index contributed by atoms with van der Waals surface area (Å²) in [5, 5.41) is 3.36. The van der Waals surface area contributed by atoms with Crippen LogP contribution in [0.1, 0.15) is 27.9 Å². The molecular weight excluding hydrogens is 218 g/mol. The zero-order valence-electron chi connectivity index (χ0n) is 10.2. The molecule has 5 heteroatoms. The summed E-state index contributed by atoms with van der Waals surface area (Å²) in [5.41, 5.74) is 10.7. The maximum absolute atomic E-state index is 11.9. The van der Waals surface area contributed by atoms with Gasteiger partial charge in [-0.25, -0.2) is 0 Å². The van der Waals surface area contributed by atoms with Gasteiger partial charge in [0.25, 0.3) is 0 Å². The topological polar surface area (TPSA) is 75.1 Å². The highest BCUT2D eigenvalue weighted by molar-refractivity contribution is 5.99. The number of methoxy groups -OCH3 is 1. The number of azide groups is 1. The lowest BCUT2D eigenvalue weighted by molar-refractivity contribution is 0.0982. The molecule has 0 N–H and O–H groups in total. The van der Waals surface area contributed by atoms with E-state index in [1.807, 2.05) is 19.9 Å². The second-order valence-electron chi connectivity index (χ2n) is 3.79. The number of ketones is 1. The Morgan fingerprint density at radius 1 is 1.47 bits per heavy atom. The average Bonchev–Trinajstić information content (AvgIpc) is 2.28. The van der Waals surface area contributed by atoms with E-state index in [0.29, 0.717) is 11.3 Å². The number of carbonyl (C=O) groups is 1. The molecule has 0 aromatic heterocycles. The Morgan fingerprint density at radius 3 is 2.76 bits per heavy atom. The number of nitrogens with zero attached hydrogens (tertiary/aromatic N) is 3. The summed E-state index contributed by atoms with van der Waals surface area (Å²) in [6.45, 7) is 4.00. The Bertz CT molecular complexity index is 477. The standard InChI is InChI=1S/C12H15N3O2/c1-8-6-9(2)12(17-3)10(7-8)11(16)4-5-14-15-13/h6-7H,4-5H2,1-3H3. The predicted octanol–water partition coefficient (Wildman–Crippen LogP) is 3.20. The van der Waals surface area contributed by atoms with Gasteiger partial charge in [-0.3, -0.25) is 4.79 Å². The van der Waals surface area contributed by atoms with Gasteiger partial charge in [0, 0.05) is 17.9 Å². The highest BCUT2D eigenvalue weighted by atomic mass is 16.5. The van der Waals surface area contributed by atoms with Crippen LogP contribution in [-0.2, 0) is 0 Å². The fraction of sp³-hybridized carbons (Fsp3) is 0.417. The number of hydrogen-bond donors (Lipinski definition) is 0. The van der Waals surface area contributed by atoms with Gasteiger partial charge in [-0.1, -0.05) is 11.2 Å². The first-order valence-electron chi connectivity index (χ1n) is 5.29. The summed E-state index contributed by atoms with van der Waals surface area (Å²) >= 11 is 0. The summed E-state index contributed by atoms with van der Waals surface area (Å²) in [7, 11) is 1.54. The first-order valence-corrected chi connectivity index (χ1v) is 5.29. The first kappa shape index (κ1) is 13.1. The van der Waals surface area contributed by atoms with Crippen molar-refractivity contribution < 1.29 is 9.53 Å². The highest BCUT2D eigenvalue weighted by Gasteiger charge is 2.14. The number of benzene rings is 1. The van der Waals surface area contributed by atoms with Crippen molar-refractivity contribution in [1.82, 2.24) is 0 Å².